The SMILES string of the molecule is CON1OCC2(CO1)CON(ON)OC2. The summed E-state index contributed by atoms with van der Waals surface area (Å²) in [4.78, 5) is 29.3. The topological polar surface area (TPSA) is 87.9 Å². The quantitative estimate of drug-likeness (QED) is 0.573. The fourth-order valence-electron chi connectivity index (χ4n) is 1.25. The maximum atomic E-state index is 5.13. The van der Waals surface area contributed by atoms with E-state index in [0.717, 1.165) is 10.8 Å². The molecule has 2 fully saturated rings. The van der Waals surface area contributed by atoms with Gasteiger partial charge in [-0.15, -0.1) is 0 Å². The Morgan fingerprint density at radius 1 is 1.00 bits per heavy atom. The Morgan fingerprint density at radius 2 is 1.47 bits per heavy atom. The van der Waals surface area contributed by atoms with Crippen molar-refractivity contribution in [3.63, 3.8) is 0 Å². The van der Waals surface area contributed by atoms with Crippen LogP contribution in [0.5, 0.6) is 0 Å². The van der Waals surface area contributed by atoms with Crippen LogP contribution in [0.1, 0.15) is 0 Å². The minimum atomic E-state index is -0.371. The van der Waals surface area contributed by atoms with E-state index in [1.807, 2.05) is 0 Å². The summed E-state index contributed by atoms with van der Waals surface area (Å²) in [7, 11) is 1.44. The molecule has 2 aliphatic heterocycles. The number of nitrogens with zero attached hydrogens (tertiary/aromatic N) is 2. The molecule has 2 N–H and O–H groups in total. The molecular formula is C6H13N3O6. The number of hydrogen-bond acceptors (Lipinski definition) is 9. The summed E-state index contributed by atoms with van der Waals surface area (Å²) < 4.78 is 0. The van der Waals surface area contributed by atoms with Crippen LogP contribution in [0, 0.1) is 5.41 Å². The second-order valence-electron chi connectivity index (χ2n) is 3.33. The van der Waals surface area contributed by atoms with Crippen molar-refractivity contribution < 1.29 is 29.1 Å². The van der Waals surface area contributed by atoms with Crippen LogP contribution < -0.4 is 5.90 Å². The lowest BCUT2D eigenvalue weighted by molar-refractivity contribution is -0.591. The van der Waals surface area contributed by atoms with Crippen LogP contribution in [-0.4, -0.2) is 44.3 Å². The predicted molar refractivity (Wildman–Crippen MR) is 42.2 cm³/mol. The summed E-state index contributed by atoms with van der Waals surface area (Å²) in [6.45, 7) is 1.36. The normalized spacial score (nSPS) is 28.4. The van der Waals surface area contributed by atoms with Gasteiger partial charge in [0.05, 0.1) is 49.7 Å². The maximum absolute atomic E-state index is 5.13. The van der Waals surface area contributed by atoms with Crippen molar-refractivity contribution >= 4 is 0 Å². The highest BCUT2D eigenvalue weighted by molar-refractivity contribution is 4.79. The number of hydrogen-bond donors (Lipinski definition) is 1. The van der Waals surface area contributed by atoms with Gasteiger partial charge in [-0.25, -0.2) is 19.4 Å². The first-order chi connectivity index (χ1) is 7.28. The van der Waals surface area contributed by atoms with Gasteiger partial charge in [0.15, 0.2) is 0 Å². The van der Waals surface area contributed by atoms with Gasteiger partial charge in [0.2, 0.25) is 0 Å². The molecule has 0 radical (unpaired) electrons. The Balaban J connectivity index is 1.83. The van der Waals surface area contributed by atoms with Crippen molar-refractivity contribution in [2.75, 3.05) is 33.5 Å². The van der Waals surface area contributed by atoms with E-state index >= 15 is 0 Å². The second kappa shape index (κ2) is 4.65. The monoisotopic (exact) mass is 223 g/mol. The van der Waals surface area contributed by atoms with E-state index in [0.29, 0.717) is 26.4 Å². The molecule has 0 saturated carbocycles. The highest BCUT2D eigenvalue weighted by Gasteiger charge is 2.42. The fourth-order valence-corrected chi connectivity index (χ4v) is 1.25. The molecule has 0 aromatic rings. The molecule has 88 valence electrons. The van der Waals surface area contributed by atoms with E-state index in [1.54, 1.807) is 0 Å². The van der Waals surface area contributed by atoms with Gasteiger partial charge in [0.25, 0.3) is 0 Å². The van der Waals surface area contributed by atoms with Crippen LogP contribution in [-0.2, 0) is 29.1 Å². The first-order valence-electron chi connectivity index (χ1n) is 4.31. The van der Waals surface area contributed by atoms with Crippen molar-refractivity contribution in [1.29, 1.82) is 0 Å². The van der Waals surface area contributed by atoms with Gasteiger partial charge in [0, 0.05) is 0 Å². The summed E-state index contributed by atoms with van der Waals surface area (Å²) in [5.41, 5.74) is -0.371. The third kappa shape index (κ3) is 2.42. The first-order valence-corrected chi connectivity index (χ1v) is 4.31. The molecule has 0 bridgehead atoms. The van der Waals surface area contributed by atoms with Crippen molar-refractivity contribution in [3.05, 3.63) is 0 Å². The molecule has 9 nitrogen and oxygen atoms in total. The zero-order valence-corrected chi connectivity index (χ0v) is 8.25. The van der Waals surface area contributed by atoms with Crippen molar-refractivity contribution in [1.82, 2.24) is 10.8 Å². The molecule has 0 aromatic heterocycles. The molecule has 15 heavy (non-hydrogen) atoms. The minimum absolute atomic E-state index is 0.321. The van der Waals surface area contributed by atoms with E-state index < -0.39 is 0 Å². The molecule has 0 unspecified atom stereocenters. The van der Waals surface area contributed by atoms with Crippen LogP contribution in [0.3, 0.4) is 0 Å². The van der Waals surface area contributed by atoms with E-state index in [9.17, 15) is 0 Å². The maximum Gasteiger partial charge on any atom is 0.0945 e. The average Bonchev–Trinajstić information content (AvgIpc) is 2.31. The molecular weight excluding hydrogens is 210 g/mol. The van der Waals surface area contributed by atoms with Crippen LogP contribution in [0.2, 0.25) is 0 Å². The predicted octanol–water partition coefficient (Wildman–Crippen LogP) is -1.30. The fraction of sp³-hybridized carbons (Fsp3) is 1.00. The van der Waals surface area contributed by atoms with Crippen molar-refractivity contribution in [2.24, 2.45) is 11.3 Å². The lowest BCUT2D eigenvalue weighted by Gasteiger charge is -2.41. The molecule has 0 atom stereocenters. The zero-order valence-electron chi connectivity index (χ0n) is 8.25. The van der Waals surface area contributed by atoms with Gasteiger partial charge in [0.1, 0.15) is 0 Å². The van der Waals surface area contributed by atoms with Crippen molar-refractivity contribution in [3.8, 4) is 0 Å². The molecule has 0 aromatic carbocycles. The third-order valence-electron chi connectivity index (χ3n) is 2.14. The van der Waals surface area contributed by atoms with Crippen LogP contribution >= 0.6 is 0 Å². The molecule has 2 aliphatic rings. The number of rotatable bonds is 2. The summed E-state index contributed by atoms with van der Waals surface area (Å²) in [6.07, 6.45) is 0. The summed E-state index contributed by atoms with van der Waals surface area (Å²) in [5.74, 6) is 4.85. The Morgan fingerprint density at radius 3 is 1.87 bits per heavy atom. The highest BCUT2D eigenvalue weighted by Crippen LogP contribution is 2.28. The van der Waals surface area contributed by atoms with Gasteiger partial charge in [-0.3, -0.25) is 4.84 Å². The first kappa shape index (κ1) is 11.1. The van der Waals surface area contributed by atoms with Gasteiger partial charge in [-0.2, -0.15) is 10.8 Å². The van der Waals surface area contributed by atoms with E-state index in [-0.39, 0.29) is 5.41 Å². The Kier molecular flexibility index (Phi) is 3.45. The van der Waals surface area contributed by atoms with Gasteiger partial charge >= 0.3 is 0 Å². The minimum Gasteiger partial charge on any atom is -0.254 e. The van der Waals surface area contributed by atoms with Gasteiger partial charge < -0.3 is 0 Å². The molecule has 2 rings (SSSR count). The zero-order chi connectivity index (χ0) is 10.7. The van der Waals surface area contributed by atoms with E-state index in [4.69, 9.17) is 30.1 Å². The van der Waals surface area contributed by atoms with Gasteiger partial charge in [-0.05, 0) is 0 Å². The molecule has 1 spiro atoms. The molecule has 0 aliphatic carbocycles. The molecule has 2 saturated heterocycles. The summed E-state index contributed by atoms with van der Waals surface area (Å²) in [5, 5.41) is 1.69. The molecule has 2 heterocycles. The standard InChI is InChI=1S/C6H13N3O6/c1-10-8-11-2-6(3-12-8)4-13-9(15-7)14-5-6/h2-5,7H2,1H3. The lowest BCUT2D eigenvalue weighted by atomic mass is 9.92. The van der Waals surface area contributed by atoms with Crippen molar-refractivity contribution in [2.45, 2.75) is 0 Å². The van der Waals surface area contributed by atoms with Crippen LogP contribution in [0.15, 0.2) is 0 Å². The smallest absolute Gasteiger partial charge is 0.0945 e. The third-order valence-corrected chi connectivity index (χ3v) is 2.14. The number of nitrogens with two attached hydrogens (primary N) is 1. The second-order valence-corrected chi connectivity index (χ2v) is 3.33. The Labute approximate surface area is 85.8 Å². The summed E-state index contributed by atoms with van der Waals surface area (Å²) in [6, 6.07) is 0. The summed E-state index contributed by atoms with van der Waals surface area (Å²) >= 11 is 0. The van der Waals surface area contributed by atoms with E-state index in [1.165, 1.54) is 7.11 Å². The highest BCUT2D eigenvalue weighted by atomic mass is 17.2. The Bertz CT molecular complexity index is 176. The van der Waals surface area contributed by atoms with E-state index in [2.05, 4.69) is 4.94 Å². The average molecular weight is 223 g/mol. The lowest BCUT2D eigenvalue weighted by Crippen LogP contribution is -2.54. The Hall–Kier alpha value is -0.360. The van der Waals surface area contributed by atoms with Gasteiger partial charge in [-0.1, -0.05) is 0 Å². The molecule has 9 heteroatoms. The molecule has 0 amide bonds. The van der Waals surface area contributed by atoms with Crippen LogP contribution in [0.25, 0.3) is 0 Å². The largest absolute Gasteiger partial charge is 0.254 e. The van der Waals surface area contributed by atoms with Crippen LogP contribution in [0.4, 0.5) is 0 Å².